The van der Waals surface area contributed by atoms with Crippen molar-refractivity contribution in [3.63, 3.8) is 0 Å². The molecular formula is C12H9F2NO2S. The van der Waals surface area contributed by atoms with Crippen LogP contribution in [-0.4, -0.2) is 16.1 Å². The molecule has 1 aromatic heterocycles. The van der Waals surface area contributed by atoms with Crippen molar-refractivity contribution in [3.8, 4) is 11.3 Å². The molecule has 1 heterocycles. The van der Waals surface area contributed by atoms with Crippen molar-refractivity contribution in [2.24, 2.45) is 0 Å². The predicted octanol–water partition coefficient (Wildman–Crippen LogP) is 3.28. The molecule has 1 aromatic carbocycles. The van der Waals surface area contributed by atoms with E-state index in [1.165, 1.54) is 24.4 Å². The van der Waals surface area contributed by atoms with Gasteiger partial charge in [-0.1, -0.05) is 6.07 Å². The lowest BCUT2D eigenvalue weighted by Crippen LogP contribution is -2.06. The molecular weight excluding hydrogens is 260 g/mol. The molecule has 0 aliphatic carbocycles. The number of benzene rings is 1. The Labute approximate surface area is 106 Å². The lowest BCUT2D eigenvalue weighted by atomic mass is 10.1. The molecule has 0 spiro atoms. The summed E-state index contributed by atoms with van der Waals surface area (Å²) in [5, 5.41) is 10.7. The van der Waals surface area contributed by atoms with Crippen molar-refractivity contribution in [2.75, 3.05) is 0 Å². The molecule has 1 atom stereocenters. The maximum Gasteiger partial charge on any atom is 0.313 e. The van der Waals surface area contributed by atoms with E-state index >= 15 is 0 Å². The number of nitrogens with zero attached hydrogens (tertiary/aromatic N) is 1. The minimum Gasteiger partial charge on any atom is -0.481 e. The Bertz CT molecular complexity index is 598. The van der Waals surface area contributed by atoms with Crippen LogP contribution in [-0.2, 0) is 4.79 Å². The second-order valence-electron chi connectivity index (χ2n) is 3.73. The molecule has 1 N–H and O–H groups in total. The van der Waals surface area contributed by atoms with Gasteiger partial charge in [0.2, 0.25) is 0 Å². The average molecular weight is 269 g/mol. The Kier molecular flexibility index (Phi) is 3.38. The Morgan fingerprint density at radius 1 is 1.44 bits per heavy atom. The first-order chi connectivity index (χ1) is 8.50. The van der Waals surface area contributed by atoms with Gasteiger partial charge in [0.15, 0.2) is 11.6 Å². The fourth-order valence-corrected chi connectivity index (χ4v) is 2.29. The molecule has 18 heavy (non-hydrogen) atoms. The van der Waals surface area contributed by atoms with Crippen LogP contribution in [0.4, 0.5) is 8.78 Å². The molecule has 0 amide bonds. The van der Waals surface area contributed by atoms with Gasteiger partial charge < -0.3 is 5.11 Å². The van der Waals surface area contributed by atoms with E-state index in [0.29, 0.717) is 5.01 Å². The summed E-state index contributed by atoms with van der Waals surface area (Å²) in [4.78, 5) is 14.8. The normalized spacial score (nSPS) is 12.4. The van der Waals surface area contributed by atoms with Gasteiger partial charge in [0.25, 0.3) is 0 Å². The zero-order chi connectivity index (χ0) is 13.3. The molecule has 2 aromatic rings. The molecule has 0 bridgehead atoms. The minimum absolute atomic E-state index is 0.0371. The molecule has 0 radical (unpaired) electrons. The molecule has 3 nitrogen and oxygen atoms in total. The van der Waals surface area contributed by atoms with Crippen LogP contribution in [0.5, 0.6) is 0 Å². The van der Waals surface area contributed by atoms with Gasteiger partial charge in [0.1, 0.15) is 10.9 Å². The van der Waals surface area contributed by atoms with Crippen molar-refractivity contribution in [3.05, 3.63) is 40.2 Å². The van der Waals surface area contributed by atoms with Gasteiger partial charge >= 0.3 is 5.97 Å². The number of halogens is 2. The smallest absolute Gasteiger partial charge is 0.313 e. The van der Waals surface area contributed by atoms with Crippen LogP contribution in [0.2, 0.25) is 0 Å². The fraction of sp³-hybridized carbons (Fsp3) is 0.167. The number of thiazole rings is 1. The molecule has 0 saturated carbocycles. The first kappa shape index (κ1) is 12.6. The number of rotatable bonds is 3. The van der Waals surface area contributed by atoms with E-state index < -0.39 is 23.5 Å². The van der Waals surface area contributed by atoms with Crippen molar-refractivity contribution in [2.45, 2.75) is 12.8 Å². The highest BCUT2D eigenvalue weighted by Gasteiger charge is 2.19. The van der Waals surface area contributed by atoms with Crippen LogP contribution < -0.4 is 0 Å². The van der Waals surface area contributed by atoms with E-state index in [4.69, 9.17) is 5.11 Å². The standard InChI is InChI=1S/C12H9F2NO2S/c1-6(12(16)17)11-15-9(5-18-11)7-3-2-4-8(13)10(7)14/h2-6H,1H3,(H,16,17). The topological polar surface area (TPSA) is 50.2 Å². The average Bonchev–Trinajstić information content (AvgIpc) is 2.80. The Morgan fingerprint density at radius 2 is 2.17 bits per heavy atom. The first-order valence-corrected chi connectivity index (χ1v) is 6.01. The lowest BCUT2D eigenvalue weighted by molar-refractivity contribution is -0.138. The van der Waals surface area contributed by atoms with Gasteiger partial charge in [-0.25, -0.2) is 13.8 Å². The van der Waals surface area contributed by atoms with Crippen LogP contribution in [0, 0.1) is 11.6 Å². The number of aromatic nitrogens is 1. The van der Waals surface area contributed by atoms with Crippen molar-refractivity contribution in [1.82, 2.24) is 4.98 Å². The van der Waals surface area contributed by atoms with E-state index in [2.05, 4.69) is 4.98 Å². The van der Waals surface area contributed by atoms with Crippen LogP contribution in [0.1, 0.15) is 17.8 Å². The van der Waals surface area contributed by atoms with Gasteiger partial charge in [0.05, 0.1) is 5.69 Å². The van der Waals surface area contributed by atoms with E-state index in [9.17, 15) is 13.6 Å². The van der Waals surface area contributed by atoms with Gasteiger partial charge in [0, 0.05) is 10.9 Å². The molecule has 1 unspecified atom stereocenters. The first-order valence-electron chi connectivity index (χ1n) is 5.13. The van der Waals surface area contributed by atoms with Crippen molar-refractivity contribution >= 4 is 17.3 Å². The van der Waals surface area contributed by atoms with Crippen LogP contribution in [0.15, 0.2) is 23.6 Å². The number of carboxylic acid groups (broad SMARTS) is 1. The highest BCUT2D eigenvalue weighted by molar-refractivity contribution is 7.10. The Morgan fingerprint density at radius 3 is 2.83 bits per heavy atom. The summed E-state index contributed by atoms with van der Waals surface area (Å²) in [5.74, 6) is -3.69. The molecule has 0 saturated heterocycles. The number of hydrogen-bond acceptors (Lipinski definition) is 3. The molecule has 0 fully saturated rings. The highest BCUT2D eigenvalue weighted by Crippen LogP contribution is 2.28. The van der Waals surface area contributed by atoms with Gasteiger partial charge in [-0.05, 0) is 19.1 Å². The third kappa shape index (κ3) is 2.24. The molecule has 2 rings (SSSR count). The van der Waals surface area contributed by atoms with Crippen LogP contribution >= 0.6 is 11.3 Å². The maximum absolute atomic E-state index is 13.5. The summed E-state index contributed by atoms with van der Waals surface area (Å²) >= 11 is 1.11. The molecule has 0 aliphatic rings. The quantitative estimate of drug-likeness (QED) is 0.930. The number of carboxylic acids is 1. The summed E-state index contributed by atoms with van der Waals surface area (Å²) in [6.45, 7) is 1.49. The monoisotopic (exact) mass is 269 g/mol. The highest BCUT2D eigenvalue weighted by atomic mass is 32.1. The van der Waals surface area contributed by atoms with E-state index in [0.717, 1.165) is 17.4 Å². The SMILES string of the molecule is CC(C(=O)O)c1nc(-c2cccc(F)c2F)cs1. The summed E-state index contributed by atoms with van der Waals surface area (Å²) in [7, 11) is 0. The number of carbonyl (C=O) groups is 1. The van der Waals surface area contributed by atoms with Gasteiger partial charge in [-0.3, -0.25) is 4.79 Å². The third-order valence-electron chi connectivity index (χ3n) is 2.49. The summed E-state index contributed by atoms with van der Waals surface area (Å²) in [6, 6.07) is 3.81. The number of hydrogen-bond donors (Lipinski definition) is 1. The number of aliphatic carboxylic acids is 1. The van der Waals surface area contributed by atoms with Crippen molar-refractivity contribution in [1.29, 1.82) is 0 Å². The second kappa shape index (κ2) is 4.81. The molecule has 6 heteroatoms. The maximum atomic E-state index is 13.5. The largest absolute Gasteiger partial charge is 0.481 e. The van der Waals surface area contributed by atoms with Crippen LogP contribution in [0.3, 0.4) is 0 Å². The van der Waals surface area contributed by atoms with E-state index in [-0.39, 0.29) is 11.3 Å². The fourth-order valence-electron chi connectivity index (χ4n) is 1.42. The predicted molar refractivity (Wildman–Crippen MR) is 63.5 cm³/mol. The summed E-state index contributed by atoms with van der Waals surface area (Å²) in [6.07, 6.45) is 0. The second-order valence-corrected chi connectivity index (χ2v) is 4.62. The zero-order valence-corrected chi connectivity index (χ0v) is 10.2. The van der Waals surface area contributed by atoms with E-state index in [1.54, 1.807) is 0 Å². The lowest BCUT2D eigenvalue weighted by Gasteiger charge is -2.01. The minimum atomic E-state index is -1.00. The summed E-state index contributed by atoms with van der Waals surface area (Å²) < 4.78 is 26.6. The molecule has 0 aliphatic heterocycles. The van der Waals surface area contributed by atoms with Gasteiger partial charge in [-0.2, -0.15) is 0 Å². The Balaban J connectivity index is 2.41. The van der Waals surface area contributed by atoms with Crippen LogP contribution in [0.25, 0.3) is 11.3 Å². The van der Waals surface area contributed by atoms with E-state index in [1.807, 2.05) is 0 Å². The Hall–Kier alpha value is -1.82. The van der Waals surface area contributed by atoms with Gasteiger partial charge in [-0.15, -0.1) is 11.3 Å². The third-order valence-corrected chi connectivity index (χ3v) is 3.52. The molecule has 94 valence electrons. The zero-order valence-electron chi connectivity index (χ0n) is 9.35. The van der Waals surface area contributed by atoms with Crippen molar-refractivity contribution < 1.29 is 18.7 Å². The summed E-state index contributed by atoms with van der Waals surface area (Å²) in [5.41, 5.74) is 0.287.